The van der Waals surface area contributed by atoms with Crippen LogP contribution in [0, 0.1) is 6.92 Å². The molecular weight excluding hydrogens is 360 g/mol. The number of rotatable bonds is 3. The summed E-state index contributed by atoms with van der Waals surface area (Å²) >= 11 is 9.33. The van der Waals surface area contributed by atoms with Crippen LogP contribution in [0.1, 0.15) is 11.1 Å². The molecule has 0 amide bonds. The quantitative estimate of drug-likeness (QED) is 0.775. The van der Waals surface area contributed by atoms with E-state index >= 15 is 0 Å². The molecule has 104 valence electrons. The lowest BCUT2D eigenvalue weighted by Gasteiger charge is -2.04. The maximum Gasteiger partial charge on any atom is 0.200 e. The molecule has 0 N–H and O–H groups in total. The molecule has 0 fully saturated rings. The van der Waals surface area contributed by atoms with E-state index in [1.165, 1.54) is 5.41 Å². The second-order valence-electron chi connectivity index (χ2n) is 4.30. The summed E-state index contributed by atoms with van der Waals surface area (Å²) in [6.45, 7) is 1.91. The van der Waals surface area contributed by atoms with Crippen LogP contribution in [-0.2, 0) is 9.84 Å². The highest BCUT2D eigenvalue weighted by atomic mass is 79.9. The second-order valence-corrected chi connectivity index (χ2v) is 7.36. The molecule has 0 aliphatic rings. The van der Waals surface area contributed by atoms with Gasteiger partial charge >= 0.3 is 0 Å². The average molecular weight is 372 g/mol. The summed E-state index contributed by atoms with van der Waals surface area (Å²) in [6.07, 6.45) is 0. The van der Waals surface area contributed by atoms with Gasteiger partial charge in [-0.25, -0.2) is 8.42 Å². The smallest absolute Gasteiger partial charge is 0.200 e. The Morgan fingerprint density at radius 1 is 1.10 bits per heavy atom. The number of benzene rings is 2. The third-order valence-corrected chi connectivity index (χ3v) is 5.50. The van der Waals surface area contributed by atoms with Gasteiger partial charge in [0.25, 0.3) is 0 Å². The minimum absolute atomic E-state index is 0.257. The number of hydrogen-bond acceptors (Lipinski definition) is 2. The van der Waals surface area contributed by atoms with Crippen molar-refractivity contribution in [1.29, 1.82) is 0 Å². The van der Waals surface area contributed by atoms with Crippen LogP contribution < -0.4 is 0 Å². The van der Waals surface area contributed by atoms with Crippen LogP contribution in [0.4, 0.5) is 0 Å². The first-order valence-corrected chi connectivity index (χ1v) is 8.56. The second kappa shape index (κ2) is 6.12. The van der Waals surface area contributed by atoms with Gasteiger partial charge in [-0.2, -0.15) is 0 Å². The Balaban J connectivity index is 2.43. The van der Waals surface area contributed by atoms with Gasteiger partial charge in [0, 0.05) is 15.1 Å². The van der Waals surface area contributed by atoms with Gasteiger partial charge in [-0.3, -0.25) is 0 Å². The fourth-order valence-corrected chi connectivity index (χ4v) is 4.14. The molecular formula is C15H12BrClO2S. The van der Waals surface area contributed by atoms with Gasteiger partial charge < -0.3 is 0 Å². The van der Waals surface area contributed by atoms with Gasteiger partial charge in [-0.1, -0.05) is 47.5 Å². The normalized spacial score (nSPS) is 12.4. The molecule has 0 unspecified atom stereocenters. The molecule has 0 aliphatic heterocycles. The van der Waals surface area contributed by atoms with E-state index in [4.69, 9.17) is 11.6 Å². The number of halogens is 2. The molecule has 0 bridgehead atoms. The summed E-state index contributed by atoms with van der Waals surface area (Å²) in [7, 11) is -3.51. The van der Waals surface area contributed by atoms with Crippen LogP contribution in [0.25, 0.3) is 4.48 Å². The summed E-state index contributed by atoms with van der Waals surface area (Å²) in [5, 5.41) is 1.67. The Bertz CT molecular complexity index is 750. The van der Waals surface area contributed by atoms with E-state index in [1.54, 1.807) is 48.5 Å². The van der Waals surface area contributed by atoms with E-state index in [2.05, 4.69) is 15.9 Å². The van der Waals surface area contributed by atoms with Crippen molar-refractivity contribution in [1.82, 2.24) is 0 Å². The van der Waals surface area contributed by atoms with Gasteiger partial charge in [0.1, 0.15) is 0 Å². The molecule has 5 heteroatoms. The predicted molar refractivity (Wildman–Crippen MR) is 86.7 cm³/mol. The fraction of sp³-hybridized carbons (Fsp3) is 0.0667. The van der Waals surface area contributed by atoms with Crippen molar-refractivity contribution >= 4 is 41.9 Å². The highest BCUT2D eigenvalue weighted by molar-refractivity contribution is 9.15. The van der Waals surface area contributed by atoms with Crippen LogP contribution in [0.15, 0.2) is 58.8 Å². The first-order chi connectivity index (χ1) is 9.40. The predicted octanol–water partition coefficient (Wildman–Crippen LogP) is 4.82. The van der Waals surface area contributed by atoms with E-state index in [1.807, 2.05) is 6.92 Å². The topological polar surface area (TPSA) is 34.1 Å². The Morgan fingerprint density at radius 3 is 2.30 bits per heavy atom. The maximum atomic E-state index is 12.3. The Kier molecular flexibility index (Phi) is 4.68. The van der Waals surface area contributed by atoms with Crippen molar-refractivity contribution < 1.29 is 8.42 Å². The fourth-order valence-electron chi connectivity index (χ4n) is 1.65. The third kappa shape index (κ3) is 3.51. The molecule has 2 aromatic carbocycles. The zero-order chi connectivity index (χ0) is 14.8. The molecule has 0 aliphatic carbocycles. The first-order valence-electron chi connectivity index (χ1n) is 5.84. The molecule has 2 aromatic rings. The summed E-state index contributed by atoms with van der Waals surface area (Å²) in [6, 6.07) is 13.8. The molecule has 2 rings (SSSR count). The minimum atomic E-state index is -3.51. The largest absolute Gasteiger partial charge is 0.219 e. The zero-order valence-corrected chi connectivity index (χ0v) is 13.8. The Labute approximate surface area is 132 Å². The zero-order valence-electron chi connectivity index (χ0n) is 10.7. The average Bonchev–Trinajstić information content (AvgIpc) is 2.39. The lowest BCUT2D eigenvalue weighted by Crippen LogP contribution is -1.97. The molecule has 0 saturated heterocycles. The van der Waals surface area contributed by atoms with Gasteiger partial charge in [0.2, 0.25) is 9.84 Å². The van der Waals surface area contributed by atoms with E-state index < -0.39 is 9.84 Å². The van der Waals surface area contributed by atoms with Crippen molar-refractivity contribution in [3.8, 4) is 0 Å². The molecule has 20 heavy (non-hydrogen) atoms. The summed E-state index contributed by atoms with van der Waals surface area (Å²) in [5.74, 6) is 0. The number of sulfone groups is 1. The molecule has 2 nitrogen and oxygen atoms in total. The highest BCUT2D eigenvalue weighted by Gasteiger charge is 2.13. The van der Waals surface area contributed by atoms with Crippen molar-refractivity contribution in [2.24, 2.45) is 0 Å². The van der Waals surface area contributed by atoms with Crippen LogP contribution in [0.2, 0.25) is 5.02 Å². The lowest BCUT2D eigenvalue weighted by molar-refractivity contribution is 0.605. The number of aryl methyl sites for hydroxylation is 1. The molecule has 0 aromatic heterocycles. The van der Waals surface area contributed by atoms with Gasteiger partial charge in [-0.15, -0.1) is 0 Å². The van der Waals surface area contributed by atoms with Gasteiger partial charge in [0.05, 0.1) is 10.3 Å². The number of hydrogen-bond donors (Lipinski definition) is 0. The van der Waals surface area contributed by atoms with Crippen LogP contribution in [-0.4, -0.2) is 8.42 Å². The monoisotopic (exact) mass is 370 g/mol. The van der Waals surface area contributed by atoms with Crippen molar-refractivity contribution in [3.63, 3.8) is 0 Å². The summed E-state index contributed by atoms with van der Waals surface area (Å²) in [4.78, 5) is 0.257. The van der Waals surface area contributed by atoms with E-state index in [0.29, 0.717) is 15.1 Å². The van der Waals surface area contributed by atoms with E-state index in [-0.39, 0.29) is 4.90 Å². The summed E-state index contributed by atoms with van der Waals surface area (Å²) < 4.78 is 25.0. The van der Waals surface area contributed by atoms with Crippen LogP contribution in [0.5, 0.6) is 0 Å². The van der Waals surface area contributed by atoms with Gasteiger partial charge in [0.15, 0.2) is 0 Å². The van der Waals surface area contributed by atoms with Crippen molar-refractivity contribution in [3.05, 3.63) is 70.1 Å². The third-order valence-electron chi connectivity index (χ3n) is 2.74. The van der Waals surface area contributed by atoms with E-state index in [9.17, 15) is 8.42 Å². The van der Waals surface area contributed by atoms with Crippen molar-refractivity contribution in [2.45, 2.75) is 11.8 Å². The van der Waals surface area contributed by atoms with Crippen LogP contribution in [0.3, 0.4) is 0 Å². The molecule has 0 atom stereocenters. The molecule has 0 saturated carbocycles. The molecule has 0 heterocycles. The highest BCUT2D eigenvalue weighted by Crippen LogP contribution is 2.30. The first kappa shape index (κ1) is 15.3. The summed E-state index contributed by atoms with van der Waals surface area (Å²) in [5.41, 5.74) is 1.66. The molecule has 0 spiro atoms. The minimum Gasteiger partial charge on any atom is -0.219 e. The standard InChI is InChI=1S/C15H12BrClO2S/c1-11-6-8-12(9-7-11)20(18,19)10-14(16)13-4-2-3-5-15(13)17/h2-10H,1H3/b14-10-. The SMILES string of the molecule is Cc1ccc(S(=O)(=O)/C=C(\Br)c2ccccc2Cl)cc1. The van der Waals surface area contributed by atoms with Crippen LogP contribution >= 0.6 is 27.5 Å². The Hall–Kier alpha value is -1.10. The maximum absolute atomic E-state index is 12.3. The van der Waals surface area contributed by atoms with E-state index in [0.717, 1.165) is 5.56 Å². The lowest BCUT2D eigenvalue weighted by atomic mass is 10.2. The van der Waals surface area contributed by atoms with Crippen molar-refractivity contribution in [2.75, 3.05) is 0 Å². The molecule has 0 radical (unpaired) electrons. The Morgan fingerprint density at radius 2 is 1.70 bits per heavy atom. The van der Waals surface area contributed by atoms with Gasteiger partial charge in [-0.05, 0) is 41.1 Å².